The molecule has 0 unspecified atom stereocenters. The van der Waals surface area contributed by atoms with Crippen molar-refractivity contribution < 1.29 is 9.31 Å². The predicted octanol–water partition coefficient (Wildman–Crippen LogP) is 16.1. The van der Waals surface area contributed by atoms with Crippen molar-refractivity contribution in [3.05, 3.63) is 101 Å². The number of benzene rings is 4. The average Bonchev–Trinajstić information content (AvgIpc) is 3.76. The van der Waals surface area contributed by atoms with Crippen LogP contribution < -0.4 is 5.46 Å². The topological polar surface area (TPSA) is 18.5 Å². The van der Waals surface area contributed by atoms with E-state index in [4.69, 9.17) is 9.31 Å². The molecule has 3 heteroatoms. The van der Waals surface area contributed by atoms with Gasteiger partial charge in [-0.05, 0) is 127 Å². The molecule has 0 spiro atoms. The van der Waals surface area contributed by atoms with Crippen molar-refractivity contribution in [3.8, 4) is 33.4 Å². The van der Waals surface area contributed by atoms with Crippen LogP contribution >= 0.6 is 0 Å². The Kier molecular flexibility index (Phi) is 14.0. The van der Waals surface area contributed by atoms with Gasteiger partial charge < -0.3 is 9.31 Å². The van der Waals surface area contributed by atoms with E-state index in [-0.39, 0.29) is 29.2 Å². The van der Waals surface area contributed by atoms with Gasteiger partial charge in [-0.15, -0.1) is 0 Å². The molecule has 0 bridgehead atoms. The van der Waals surface area contributed by atoms with Crippen molar-refractivity contribution in [2.75, 3.05) is 0 Å². The van der Waals surface area contributed by atoms with E-state index in [1.807, 2.05) is 0 Å². The molecule has 2 aliphatic carbocycles. The Bertz CT molecular complexity index is 1980. The lowest BCUT2D eigenvalue weighted by molar-refractivity contribution is 0.00578. The van der Waals surface area contributed by atoms with Crippen molar-refractivity contribution in [2.45, 2.75) is 206 Å². The fourth-order valence-electron chi connectivity index (χ4n) is 11.2. The Morgan fingerprint density at radius 3 is 1.20 bits per heavy atom. The number of unbranched alkanes of at least 4 members (excludes halogenated alkanes) is 12. The summed E-state index contributed by atoms with van der Waals surface area (Å²) in [7, 11) is -0.359. The highest BCUT2D eigenvalue weighted by molar-refractivity contribution is 6.62. The Morgan fingerprint density at radius 1 is 0.390 bits per heavy atom. The first-order chi connectivity index (χ1) is 28.6. The second-order valence-electron chi connectivity index (χ2n) is 19.9. The Morgan fingerprint density at radius 2 is 0.763 bits per heavy atom. The van der Waals surface area contributed by atoms with Gasteiger partial charge in [-0.25, -0.2) is 0 Å². The molecule has 0 saturated carbocycles. The second kappa shape index (κ2) is 18.9. The minimum atomic E-state index is -0.369. The number of fused-ring (bicyclic) bond motifs is 6. The van der Waals surface area contributed by atoms with Gasteiger partial charge in [0.2, 0.25) is 0 Å². The lowest BCUT2D eigenvalue weighted by Gasteiger charge is -2.34. The molecule has 0 radical (unpaired) electrons. The maximum Gasteiger partial charge on any atom is 0.494 e. The third-order valence-corrected chi connectivity index (χ3v) is 15.3. The fourth-order valence-corrected chi connectivity index (χ4v) is 11.2. The Balaban J connectivity index is 1.33. The molecule has 4 aromatic carbocycles. The molecule has 316 valence electrons. The summed E-state index contributed by atoms with van der Waals surface area (Å²) in [6.45, 7) is 18.0. The van der Waals surface area contributed by atoms with Crippen molar-refractivity contribution in [1.82, 2.24) is 0 Å². The molecule has 0 atom stereocenters. The van der Waals surface area contributed by atoms with Gasteiger partial charge in [0.1, 0.15) is 0 Å². The van der Waals surface area contributed by atoms with E-state index in [2.05, 4.69) is 134 Å². The summed E-state index contributed by atoms with van der Waals surface area (Å²) < 4.78 is 13.4. The highest BCUT2D eigenvalue weighted by atomic mass is 16.7. The van der Waals surface area contributed by atoms with E-state index in [1.54, 1.807) is 16.7 Å². The van der Waals surface area contributed by atoms with Gasteiger partial charge in [-0.2, -0.15) is 0 Å². The first-order valence-electron chi connectivity index (χ1n) is 24.5. The molecule has 1 fully saturated rings. The monoisotopic (exact) mass is 793 g/mol. The Labute approximate surface area is 360 Å². The quantitative estimate of drug-likeness (QED) is 0.0583. The SMILES string of the molecule is CCCCCCC1(CCCCCC)c2ccccc2-c2ccc(-c3ccc4c(c3)C(CCCCCC)(CCCCCC)c3cc(B5OC(C)(C)C(C)(C)O5)ccc3-4)cc21. The first-order valence-corrected chi connectivity index (χ1v) is 24.5. The minimum Gasteiger partial charge on any atom is -0.399 e. The van der Waals surface area contributed by atoms with E-state index in [1.165, 1.54) is 167 Å². The molecule has 3 aliphatic rings. The maximum absolute atomic E-state index is 6.69. The zero-order chi connectivity index (χ0) is 41.7. The standard InChI is InChI=1S/C56H77BO2/c1-9-13-17-23-35-55(36-24-18-14-10-2)49-28-22-21-27-45(49)46-32-29-42(39-50(46)55)43-30-33-47-48-34-31-44(57-58-53(5,6)54(7,8)59-57)41-52(48)56(51(47)40-43,37-25-19-15-11-3)38-26-20-16-12-4/h21-22,27-34,39-41H,9-20,23-26,35-38H2,1-8H3. The largest absolute Gasteiger partial charge is 0.494 e. The molecule has 4 aromatic rings. The number of hydrogen-bond donors (Lipinski definition) is 0. The van der Waals surface area contributed by atoms with Crippen LogP contribution in [0.15, 0.2) is 78.9 Å². The van der Waals surface area contributed by atoms with Crippen molar-refractivity contribution in [2.24, 2.45) is 0 Å². The molecule has 1 saturated heterocycles. The van der Waals surface area contributed by atoms with Gasteiger partial charge in [-0.1, -0.05) is 197 Å². The van der Waals surface area contributed by atoms with Crippen LogP contribution in [0, 0.1) is 0 Å². The van der Waals surface area contributed by atoms with Crippen LogP contribution in [-0.2, 0) is 20.1 Å². The maximum atomic E-state index is 6.69. The van der Waals surface area contributed by atoms with E-state index in [0.717, 1.165) is 5.46 Å². The lowest BCUT2D eigenvalue weighted by Crippen LogP contribution is -2.41. The van der Waals surface area contributed by atoms with Gasteiger partial charge in [0.05, 0.1) is 11.2 Å². The summed E-state index contributed by atoms with van der Waals surface area (Å²) in [6, 6.07) is 31.8. The first kappa shape index (κ1) is 43.9. The highest BCUT2D eigenvalue weighted by Gasteiger charge is 2.52. The molecule has 59 heavy (non-hydrogen) atoms. The Hall–Kier alpha value is -3.14. The predicted molar refractivity (Wildman–Crippen MR) is 255 cm³/mol. The molecule has 7 rings (SSSR count). The van der Waals surface area contributed by atoms with E-state index < -0.39 is 0 Å². The summed E-state index contributed by atoms with van der Waals surface area (Å²) in [4.78, 5) is 0. The highest BCUT2D eigenvalue weighted by Crippen LogP contribution is 2.57. The van der Waals surface area contributed by atoms with Gasteiger partial charge in [-0.3, -0.25) is 0 Å². The van der Waals surface area contributed by atoms with Crippen LogP contribution in [0.2, 0.25) is 0 Å². The van der Waals surface area contributed by atoms with Crippen molar-refractivity contribution in [1.29, 1.82) is 0 Å². The van der Waals surface area contributed by atoms with Gasteiger partial charge >= 0.3 is 7.12 Å². The van der Waals surface area contributed by atoms with Crippen molar-refractivity contribution >= 4 is 12.6 Å². The van der Waals surface area contributed by atoms with Crippen LogP contribution in [0.25, 0.3) is 33.4 Å². The average molecular weight is 793 g/mol. The summed E-state index contributed by atoms with van der Waals surface area (Å²) in [5, 5.41) is 0. The van der Waals surface area contributed by atoms with Gasteiger partial charge in [0.25, 0.3) is 0 Å². The normalized spacial score (nSPS) is 17.5. The van der Waals surface area contributed by atoms with E-state index in [0.29, 0.717) is 0 Å². The van der Waals surface area contributed by atoms with Gasteiger partial charge in [0, 0.05) is 10.8 Å². The summed E-state index contributed by atoms with van der Waals surface area (Å²) in [5.74, 6) is 0. The second-order valence-corrected chi connectivity index (χ2v) is 19.9. The zero-order valence-corrected chi connectivity index (χ0v) is 38.5. The minimum absolute atomic E-state index is 0.0307. The molecular formula is C56H77BO2. The third-order valence-electron chi connectivity index (χ3n) is 15.3. The smallest absolute Gasteiger partial charge is 0.399 e. The summed E-state index contributed by atoms with van der Waals surface area (Å²) >= 11 is 0. The molecule has 2 nitrogen and oxygen atoms in total. The van der Waals surface area contributed by atoms with Crippen molar-refractivity contribution in [3.63, 3.8) is 0 Å². The van der Waals surface area contributed by atoms with Gasteiger partial charge in [0.15, 0.2) is 0 Å². The fraction of sp³-hybridized carbons (Fsp3) is 0.571. The molecule has 0 amide bonds. The van der Waals surface area contributed by atoms with E-state index >= 15 is 0 Å². The summed E-state index contributed by atoms with van der Waals surface area (Å²) in [5.41, 5.74) is 15.3. The van der Waals surface area contributed by atoms with E-state index in [9.17, 15) is 0 Å². The van der Waals surface area contributed by atoms with Crippen LogP contribution in [-0.4, -0.2) is 18.3 Å². The molecular weight excluding hydrogens is 715 g/mol. The lowest BCUT2D eigenvalue weighted by atomic mass is 9.68. The zero-order valence-electron chi connectivity index (χ0n) is 38.5. The number of hydrogen-bond acceptors (Lipinski definition) is 2. The van der Waals surface area contributed by atoms with Crippen LogP contribution in [0.4, 0.5) is 0 Å². The third kappa shape index (κ3) is 8.56. The van der Waals surface area contributed by atoms with Crippen LogP contribution in [0.5, 0.6) is 0 Å². The molecule has 1 aliphatic heterocycles. The summed E-state index contributed by atoms with van der Waals surface area (Å²) in [6.07, 6.45) is 25.5. The molecule has 1 heterocycles. The number of rotatable bonds is 22. The molecule has 0 N–H and O–H groups in total. The van der Waals surface area contributed by atoms with Crippen LogP contribution in [0.3, 0.4) is 0 Å². The molecule has 0 aromatic heterocycles. The van der Waals surface area contributed by atoms with Crippen LogP contribution in [0.1, 0.15) is 206 Å².